The molecule has 4 amide bonds. The molecule has 0 bridgehead atoms. The molecule has 3 aliphatic rings. The smallest absolute Gasteiger partial charge is 0.327 e. The van der Waals surface area contributed by atoms with Gasteiger partial charge in [0.2, 0.25) is 5.91 Å². The van der Waals surface area contributed by atoms with E-state index in [0.717, 1.165) is 19.5 Å². The van der Waals surface area contributed by atoms with Crippen LogP contribution in [0.3, 0.4) is 0 Å². The first kappa shape index (κ1) is 18.9. The van der Waals surface area contributed by atoms with Crippen molar-refractivity contribution in [2.24, 2.45) is 0 Å². The minimum absolute atomic E-state index is 0.122. The van der Waals surface area contributed by atoms with Crippen LogP contribution in [0.4, 0.5) is 4.79 Å². The Balaban J connectivity index is 1.32. The summed E-state index contributed by atoms with van der Waals surface area (Å²) < 4.78 is 0. The molecule has 3 fully saturated rings. The Labute approximate surface area is 165 Å². The lowest BCUT2D eigenvalue weighted by Gasteiger charge is -2.41. The van der Waals surface area contributed by atoms with Crippen LogP contribution in [0.25, 0.3) is 0 Å². The van der Waals surface area contributed by atoms with Crippen LogP contribution in [0.5, 0.6) is 0 Å². The summed E-state index contributed by atoms with van der Waals surface area (Å²) in [5.41, 5.74) is 0.572. The molecule has 0 aromatic heterocycles. The quantitative estimate of drug-likeness (QED) is 0.739. The number of carbonyl (C=O) groups excluding carboxylic acids is 3. The zero-order chi connectivity index (χ0) is 19.9. The number of likely N-dealkylation sites (N-methyl/N-ethyl adjacent to an activating group) is 2. The van der Waals surface area contributed by atoms with Gasteiger partial charge in [0.1, 0.15) is 5.54 Å². The van der Waals surface area contributed by atoms with Gasteiger partial charge in [-0.3, -0.25) is 19.4 Å². The molecule has 7 nitrogen and oxygen atoms in total. The highest BCUT2D eigenvalue weighted by atomic mass is 16.2. The summed E-state index contributed by atoms with van der Waals surface area (Å²) in [5.74, 6) is 0.471. The molecule has 150 valence electrons. The van der Waals surface area contributed by atoms with Crippen LogP contribution in [0.1, 0.15) is 30.7 Å². The van der Waals surface area contributed by atoms with E-state index < -0.39 is 5.54 Å². The SMILES string of the molecule is CN1C(=O)N(C)C2(CCN(C(=O)CN3CC[C@H](c4ccccc4)C3)CC2)C1=O. The molecule has 3 aliphatic heterocycles. The molecule has 28 heavy (non-hydrogen) atoms. The van der Waals surface area contributed by atoms with Gasteiger partial charge in [-0.1, -0.05) is 30.3 Å². The van der Waals surface area contributed by atoms with E-state index in [9.17, 15) is 14.4 Å². The van der Waals surface area contributed by atoms with Crippen LogP contribution in [0.15, 0.2) is 30.3 Å². The second-order valence-electron chi connectivity index (χ2n) is 8.25. The van der Waals surface area contributed by atoms with Crippen molar-refractivity contribution >= 4 is 17.8 Å². The Hall–Kier alpha value is -2.41. The van der Waals surface area contributed by atoms with Crippen molar-refractivity contribution in [3.05, 3.63) is 35.9 Å². The van der Waals surface area contributed by atoms with Gasteiger partial charge in [0.05, 0.1) is 6.54 Å². The number of likely N-dealkylation sites (tertiary alicyclic amines) is 2. The van der Waals surface area contributed by atoms with Gasteiger partial charge < -0.3 is 9.80 Å². The molecule has 3 heterocycles. The van der Waals surface area contributed by atoms with Crippen molar-refractivity contribution in [1.29, 1.82) is 0 Å². The maximum atomic E-state index is 12.8. The maximum absolute atomic E-state index is 12.8. The Bertz CT molecular complexity index is 773. The third kappa shape index (κ3) is 3.07. The van der Waals surface area contributed by atoms with Crippen molar-refractivity contribution in [2.45, 2.75) is 30.7 Å². The Morgan fingerprint density at radius 3 is 2.36 bits per heavy atom. The summed E-state index contributed by atoms with van der Waals surface area (Å²) in [4.78, 5) is 44.3. The number of piperidine rings is 1. The standard InChI is InChI=1S/C21H28N4O3/c1-22-19(27)21(23(2)20(22)28)9-12-25(13-10-21)18(26)15-24-11-8-17(14-24)16-6-4-3-5-7-16/h3-7,17H,8-15H2,1-2H3/t17-/m0/s1. The summed E-state index contributed by atoms with van der Waals surface area (Å²) in [6.07, 6.45) is 2.10. The Kier molecular flexibility index (Phi) is 4.87. The minimum Gasteiger partial charge on any atom is -0.341 e. The van der Waals surface area contributed by atoms with Crippen LogP contribution in [-0.2, 0) is 9.59 Å². The molecular formula is C21H28N4O3. The fourth-order valence-electron chi connectivity index (χ4n) is 4.89. The van der Waals surface area contributed by atoms with Crippen LogP contribution in [-0.4, -0.2) is 89.8 Å². The second kappa shape index (κ2) is 7.20. The predicted molar refractivity (Wildman–Crippen MR) is 105 cm³/mol. The van der Waals surface area contributed by atoms with Gasteiger partial charge in [0, 0.05) is 33.7 Å². The fourth-order valence-corrected chi connectivity index (χ4v) is 4.89. The lowest BCUT2D eigenvalue weighted by molar-refractivity contribution is -0.140. The Morgan fingerprint density at radius 1 is 1.07 bits per heavy atom. The summed E-state index contributed by atoms with van der Waals surface area (Å²) >= 11 is 0. The number of carbonyl (C=O) groups is 3. The molecular weight excluding hydrogens is 356 g/mol. The van der Waals surface area contributed by atoms with Gasteiger partial charge in [-0.25, -0.2) is 4.79 Å². The number of urea groups is 1. The molecule has 1 aromatic rings. The van der Waals surface area contributed by atoms with E-state index >= 15 is 0 Å². The topological polar surface area (TPSA) is 64.2 Å². The number of nitrogens with zero attached hydrogens (tertiary/aromatic N) is 4. The van der Waals surface area contributed by atoms with E-state index in [1.54, 1.807) is 11.9 Å². The lowest BCUT2D eigenvalue weighted by atomic mass is 9.86. The Morgan fingerprint density at radius 2 is 1.75 bits per heavy atom. The summed E-state index contributed by atoms with van der Waals surface area (Å²) in [7, 11) is 3.22. The van der Waals surface area contributed by atoms with E-state index in [4.69, 9.17) is 0 Å². The molecule has 1 aromatic carbocycles. The molecule has 0 unspecified atom stereocenters. The van der Waals surface area contributed by atoms with Crippen molar-refractivity contribution in [2.75, 3.05) is 46.8 Å². The van der Waals surface area contributed by atoms with Crippen molar-refractivity contribution < 1.29 is 14.4 Å². The van der Waals surface area contributed by atoms with Gasteiger partial charge in [-0.15, -0.1) is 0 Å². The van der Waals surface area contributed by atoms with Crippen molar-refractivity contribution in [1.82, 2.24) is 19.6 Å². The molecule has 0 N–H and O–H groups in total. The zero-order valence-electron chi connectivity index (χ0n) is 16.6. The number of imide groups is 1. The van der Waals surface area contributed by atoms with Gasteiger partial charge in [0.25, 0.3) is 5.91 Å². The summed E-state index contributed by atoms with van der Waals surface area (Å²) in [6.45, 7) is 3.31. The van der Waals surface area contributed by atoms with Gasteiger partial charge >= 0.3 is 6.03 Å². The lowest BCUT2D eigenvalue weighted by Crippen LogP contribution is -2.57. The zero-order valence-corrected chi connectivity index (χ0v) is 16.6. The van der Waals surface area contributed by atoms with Gasteiger partial charge in [-0.05, 0) is 37.3 Å². The van der Waals surface area contributed by atoms with E-state index in [2.05, 4.69) is 29.2 Å². The second-order valence-corrected chi connectivity index (χ2v) is 8.25. The molecule has 3 saturated heterocycles. The highest BCUT2D eigenvalue weighted by Crippen LogP contribution is 2.35. The first-order valence-corrected chi connectivity index (χ1v) is 10.0. The van der Waals surface area contributed by atoms with E-state index in [-0.39, 0.29) is 17.8 Å². The van der Waals surface area contributed by atoms with Crippen LogP contribution in [0, 0.1) is 0 Å². The van der Waals surface area contributed by atoms with Crippen molar-refractivity contribution in [3.63, 3.8) is 0 Å². The summed E-state index contributed by atoms with van der Waals surface area (Å²) in [6, 6.07) is 10.2. The molecule has 1 spiro atoms. The maximum Gasteiger partial charge on any atom is 0.327 e. The van der Waals surface area contributed by atoms with Gasteiger partial charge in [-0.2, -0.15) is 0 Å². The fraction of sp³-hybridized carbons (Fsp3) is 0.571. The minimum atomic E-state index is -0.769. The first-order chi connectivity index (χ1) is 13.4. The third-order valence-corrected chi connectivity index (χ3v) is 6.76. The molecule has 0 aliphatic carbocycles. The number of benzene rings is 1. The van der Waals surface area contributed by atoms with E-state index in [1.165, 1.54) is 17.5 Å². The first-order valence-electron chi connectivity index (χ1n) is 10.0. The third-order valence-electron chi connectivity index (χ3n) is 6.76. The summed E-state index contributed by atoms with van der Waals surface area (Å²) in [5, 5.41) is 0. The molecule has 0 radical (unpaired) electrons. The number of hydrogen-bond acceptors (Lipinski definition) is 4. The molecule has 1 atom stereocenters. The number of rotatable bonds is 3. The highest BCUT2D eigenvalue weighted by Gasteiger charge is 2.55. The molecule has 0 saturated carbocycles. The van der Waals surface area contributed by atoms with E-state index in [0.29, 0.717) is 38.4 Å². The van der Waals surface area contributed by atoms with Crippen molar-refractivity contribution in [3.8, 4) is 0 Å². The average Bonchev–Trinajstić information content (AvgIpc) is 3.25. The van der Waals surface area contributed by atoms with Crippen LogP contribution < -0.4 is 0 Å². The van der Waals surface area contributed by atoms with Gasteiger partial charge in [0.15, 0.2) is 0 Å². The average molecular weight is 384 g/mol. The molecule has 7 heteroatoms. The monoisotopic (exact) mass is 384 g/mol. The van der Waals surface area contributed by atoms with Crippen LogP contribution in [0.2, 0.25) is 0 Å². The molecule has 4 rings (SSSR count). The number of amides is 4. The predicted octanol–water partition coefficient (Wildman–Crippen LogP) is 1.36. The highest BCUT2D eigenvalue weighted by molar-refractivity contribution is 6.06. The normalized spacial score (nSPS) is 25.2. The van der Waals surface area contributed by atoms with E-state index in [1.807, 2.05) is 11.0 Å². The van der Waals surface area contributed by atoms with Crippen LogP contribution >= 0.6 is 0 Å². The number of hydrogen-bond donors (Lipinski definition) is 0. The largest absolute Gasteiger partial charge is 0.341 e.